The summed E-state index contributed by atoms with van der Waals surface area (Å²) in [7, 11) is 1.66. The van der Waals surface area contributed by atoms with Crippen molar-refractivity contribution in [2.45, 2.75) is 0 Å². The molecule has 0 spiro atoms. The number of hydrogen-bond acceptors (Lipinski definition) is 4. The Morgan fingerprint density at radius 1 is 1.18 bits per heavy atom. The summed E-state index contributed by atoms with van der Waals surface area (Å²) in [4.78, 5) is 4.64. The van der Waals surface area contributed by atoms with E-state index in [0.717, 1.165) is 32.3 Å². The van der Waals surface area contributed by atoms with Crippen LogP contribution in [0, 0.1) is 3.57 Å². The van der Waals surface area contributed by atoms with E-state index in [2.05, 4.69) is 61.0 Å². The number of aromatic nitrogens is 1. The Morgan fingerprint density at radius 2 is 1.95 bits per heavy atom. The minimum atomic E-state index is 0.816. The number of anilines is 2. The van der Waals surface area contributed by atoms with Crippen molar-refractivity contribution in [3.8, 4) is 17.0 Å². The zero-order chi connectivity index (χ0) is 15.5. The molecule has 1 N–H and O–H groups in total. The van der Waals surface area contributed by atoms with E-state index in [1.807, 2.05) is 35.7 Å². The summed E-state index contributed by atoms with van der Waals surface area (Å²) in [5.41, 5.74) is 3.04. The van der Waals surface area contributed by atoms with Gasteiger partial charge >= 0.3 is 0 Å². The maximum atomic E-state index is 5.25. The lowest BCUT2D eigenvalue weighted by atomic mass is 10.2. The second kappa shape index (κ2) is 6.97. The molecule has 1 heterocycles. The molecule has 0 fully saturated rings. The van der Waals surface area contributed by atoms with Crippen LogP contribution < -0.4 is 10.1 Å². The van der Waals surface area contributed by atoms with Crippen molar-refractivity contribution >= 4 is 60.7 Å². The van der Waals surface area contributed by atoms with Gasteiger partial charge in [-0.15, -0.1) is 11.3 Å². The Hall–Kier alpha value is -1.12. The smallest absolute Gasteiger partial charge is 0.187 e. The van der Waals surface area contributed by atoms with Crippen LogP contribution in [0.2, 0.25) is 0 Å². The van der Waals surface area contributed by atoms with Gasteiger partial charge < -0.3 is 10.1 Å². The molecule has 0 aliphatic carbocycles. The largest absolute Gasteiger partial charge is 0.496 e. The minimum absolute atomic E-state index is 0.816. The molecule has 0 unspecified atom stereocenters. The van der Waals surface area contributed by atoms with Crippen LogP contribution in [0.25, 0.3) is 11.3 Å². The van der Waals surface area contributed by atoms with Crippen LogP contribution in [0.5, 0.6) is 5.75 Å². The van der Waals surface area contributed by atoms with Crippen LogP contribution in [0.3, 0.4) is 0 Å². The van der Waals surface area contributed by atoms with Gasteiger partial charge in [0.2, 0.25) is 0 Å². The summed E-state index contributed by atoms with van der Waals surface area (Å²) >= 11 is 7.39. The molecule has 3 nitrogen and oxygen atoms in total. The minimum Gasteiger partial charge on any atom is -0.496 e. The first-order valence-electron chi connectivity index (χ1n) is 6.48. The molecule has 22 heavy (non-hydrogen) atoms. The van der Waals surface area contributed by atoms with E-state index in [0.29, 0.717) is 0 Å². The Balaban J connectivity index is 1.81. The van der Waals surface area contributed by atoms with E-state index in [1.54, 1.807) is 18.4 Å². The molecule has 112 valence electrons. The molecule has 0 saturated carbocycles. The molecule has 2 aromatic carbocycles. The Morgan fingerprint density at radius 3 is 2.64 bits per heavy atom. The Bertz CT molecular complexity index is 789. The molecule has 1 aromatic heterocycles. The summed E-state index contributed by atoms with van der Waals surface area (Å²) in [5, 5.41) is 6.25. The SMILES string of the molecule is COc1ccc(-c2csc(Nc3ccc(I)cc3)n2)cc1Br. The van der Waals surface area contributed by atoms with Gasteiger partial charge in [0.1, 0.15) is 5.75 Å². The maximum Gasteiger partial charge on any atom is 0.187 e. The van der Waals surface area contributed by atoms with Crippen LogP contribution >= 0.6 is 49.9 Å². The number of halogens is 2. The standard InChI is InChI=1S/C16H12BrIN2OS/c1-21-15-7-2-10(8-13(15)17)14-9-22-16(20-14)19-12-5-3-11(18)4-6-12/h2-9H,1H3,(H,19,20). The average Bonchev–Trinajstić information content (AvgIpc) is 2.98. The van der Waals surface area contributed by atoms with Gasteiger partial charge in [0, 0.05) is 20.2 Å². The molecule has 3 aromatic rings. The monoisotopic (exact) mass is 486 g/mol. The lowest BCUT2D eigenvalue weighted by Gasteiger charge is -2.04. The maximum absolute atomic E-state index is 5.25. The van der Waals surface area contributed by atoms with Crippen LogP contribution in [-0.4, -0.2) is 12.1 Å². The highest BCUT2D eigenvalue weighted by Gasteiger charge is 2.08. The second-order valence-corrected chi connectivity index (χ2v) is 7.48. The third kappa shape index (κ3) is 3.61. The van der Waals surface area contributed by atoms with Crippen LogP contribution in [-0.2, 0) is 0 Å². The summed E-state index contributed by atoms with van der Waals surface area (Å²) in [6.45, 7) is 0. The number of nitrogens with zero attached hydrogens (tertiary/aromatic N) is 1. The van der Waals surface area contributed by atoms with Gasteiger partial charge in [0.15, 0.2) is 5.13 Å². The molecule has 0 saturated heterocycles. The Kier molecular flexibility index (Phi) is 5.00. The molecule has 0 aliphatic rings. The van der Waals surface area contributed by atoms with E-state index in [-0.39, 0.29) is 0 Å². The van der Waals surface area contributed by atoms with Crippen LogP contribution in [0.15, 0.2) is 52.3 Å². The predicted molar refractivity (Wildman–Crippen MR) is 104 cm³/mol. The van der Waals surface area contributed by atoms with Crippen molar-refractivity contribution in [3.05, 3.63) is 55.9 Å². The van der Waals surface area contributed by atoms with Crippen LogP contribution in [0.1, 0.15) is 0 Å². The quantitative estimate of drug-likeness (QED) is 0.464. The first kappa shape index (κ1) is 15.8. The van der Waals surface area contributed by atoms with Crippen molar-refractivity contribution in [2.24, 2.45) is 0 Å². The van der Waals surface area contributed by atoms with Gasteiger partial charge in [-0.2, -0.15) is 0 Å². The first-order chi connectivity index (χ1) is 10.7. The van der Waals surface area contributed by atoms with E-state index in [1.165, 1.54) is 3.57 Å². The molecule has 0 amide bonds. The number of rotatable bonds is 4. The van der Waals surface area contributed by atoms with Gasteiger partial charge in [-0.1, -0.05) is 0 Å². The molecular formula is C16H12BrIN2OS. The predicted octanol–water partition coefficient (Wildman–Crippen LogP) is 5.93. The molecule has 6 heteroatoms. The number of hydrogen-bond donors (Lipinski definition) is 1. The molecule has 0 atom stereocenters. The first-order valence-corrected chi connectivity index (χ1v) is 9.23. The van der Waals surface area contributed by atoms with Gasteiger partial charge in [0.05, 0.1) is 17.3 Å². The Labute approximate surface area is 155 Å². The highest BCUT2D eigenvalue weighted by molar-refractivity contribution is 14.1. The molecule has 0 aliphatic heterocycles. The molecule has 3 rings (SSSR count). The van der Waals surface area contributed by atoms with E-state index >= 15 is 0 Å². The number of methoxy groups -OCH3 is 1. The summed E-state index contributed by atoms with van der Waals surface area (Å²) in [6, 6.07) is 14.2. The number of thiazole rings is 1. The van der Waals surface area contributed by atoms with Crippen molar-refractivity contribution in [2.75, 3.05) is 12.4 Å². The van der Waals surface area contributed by atoms with Crippen molar-refractivity contribution in [1.29, 1.82) is 0 Å². The topological polar surface area (TPSA) is 34.1 Å². The van der Waals surface area contributed by atoms with Gasteiger partial charge in [-0.3, -0.25) is 0 Å². The lowest BCUT2D eigenvalue weighted by molar-refractivity contribution is 0.412. The summed E-state index contributed by atoms with van der Waals surface area (Å²) in [6.07, 6.45) is 0. The van der Waals surface area contributed by atoms with Crippen molar-refractivity contribution in [3.63, 3.8) is 0 Å². The van der Waals surface area contributed by atoms with E-state index < -0.39 is 0 Å². The normalized spacial score (nSPS) is 10.5. The van der Waals surface area contributed by atoms with Gasteiger partial charge in [0.25, 0.3) is 0 Å². The van der Waals surface area contributed by atoms with E-state index in [9.17, 15) is 0 Å². The highest BCUT2D eigenvalue weighted by Crippen LogP contribution is 2.32. The molecule has 0 radical (unpaired) electrons. The number of benzene rings is 2. The average molecular weight is 487 g/mol. The zero-order valence-electron chi connectivity index (χ0n) is 11.6. The highest BCUT2D eigenvalue weighted by atomic mass is 127. The van der Waals surface area contributed by atoms with Gasteiger partial charge in [-0.05, 0) is 81.0 Å². The zero-order valence-corrected chi connectivity index (χ0v) is 16.2. The fourth-order valence-electron chi connectivity index (χ4n) is 1.95. The van der Waals surface area contributed by atoms with Crippen molar-refractivity contribution < 1.29 is 4.74 Å². The van der Waals surface area contributed by atoms with E-state index in [4.69, 9.17) is 4.74 Å². The summed E-state index contributed by atoms with van der Waals surface area (Å²) in [5.74, 6) is 0.816. The van der Waals surface area contributed by atoms with Crippen LogP contribution in [0.4, 0.5) is 10.8 Å². The number of ether oxygens (including phenoxy) is 1. The molecular weight excluding hydrogens is 475 g/mol. The van der Waals surface area contributed by atoms with Gasteiger partial charge in [-0.25, -0.2) is 4.98 Å². The lowest BCUT2D eigenvalue weighted by Crippen LogP contribution is -1.90. The fourth-order valence-corrected chi connectivity index (χ4v) is 3.59. The third-order valence-corrected chi connectivity index (χ3v) is 5.14. The number of nitrogens with one attached hydrogen (secondary N) is 1. The third-order valence-electron chi connectivity index (χ3n) is 3.05. The summed E-state index contributed by atoms with van der Waals surface area (Å²) < 4.78 is 7.39. The second-order valence-electron chi connectivity index (χ2n) is 4.52. The van der Waals surface area contributed by atoms with Crippen molar-refractivity contribution in [1.82, 2.24) is 4.98 Å². The molecule has 0 bridgehead atoms. The fraction of sp³-hybridized carbons (Fsp3) is 0.0625.